The van der Waals surface area contributed by atoms with Crippen molar-refractivity contribution in [1.29, 1.82) is 0 Å². The highest BCUT2D eigenvalue weighted by molar-refractivity contribution is 6.25. The molecule has 0 N–H and O–H groups in total. The Morgan fingerprint density at radius 1 is 0.340 bits per heavy atom. The van der Waals surface area contributed by atoms with Gasteiger partial charge in [-0.2, -0.15) is 0 Å². The molecule has 0 saturated carbocycles. The lowest BCUT2D eigenvalue weighted by Gasteiger charge is -2.21. The first-order valence-electron chi connectivity index (χ1n) is 15.8. The van der Waals surface area contributed by atoms with Crippen LogP contribution in [0.25, 0.3) is 88.4 Å². The lowest BCUT2D eigenvalue weighted by atomic mass is 9.93. The van der Waals surface area contributed by atoms with Gasteiger partial charge in [-0.1, -0.05) is 121 Å². The van der Waals surface area contributed by atoms with Crippen LogP contribution in [0.3, 0.4) is 0 Å². The van der Waals surface area contributed by atoms with Crippen LogP contribution >= 0.6 is 0 Å². The van der Waals surface area contributed by atoms with Gasteiger partial charge in [-0.05, 0) is 73.6 Å². The van der Waals surface area contributed by atoms with E-state index in [0.717, 1.165) is 50.1 Å². The molecule has 9 aromatic rings. The molecule has 0 unspecified atom stereocenters. The number of rotatable bonds is 3. The van der Waals surface area contributed by atoms with Crippen LogP contribution in [0.2, 0.25) is 0 Å². The highest BCUT2D eigenvalue weighted by atomic mass is 16.5. The first-order chi connectivity index (χ1) is 23.3. The van der Waals surface area contributed by atoms with Crippen molar-refractivity contribution in [3.8, 4) is 56.8 Å². The highest BCUT2D eigenvalue weighted by Crippen LogP contribution is 2.47. The van der Waals surface area contributed by atoms with Crippen LogP contribution < -0.4 is 4.74 Å². The third-order valence-electron chi connectivity index (χ3n) is 9.28. The molecule has 1 aliphatic heterocycles. The van der Waals surface area contributed by atoms with Crippen molar-refractivity contribution >= 4 is 43.1 Å². The summed E-state index contributed by atoms with van der Waals surface area (Å²) >= 11 is 0. The molecular formula is C43H25N3O. The maximum absolute atomic E-state index is 6.38. The van der Waals surface area contributed by atoms with Gasteiger partial charge in [-0.25, -0.2) is 15.0 Å². The van der Waals surface area contributed by atoms with Gasteiger partial charge in [0.25, 0.3) is 0 Å². The summed E-state index contributed by atoms with van der Waals surface area (Å²) in [6, 6.07) is 52.7. The molecule has 0 atom stereocenters. The van der Waals surface area contributed by atoms with E-state index < -0.39 is 0 Å². The van der Waals surface area contributed by atoms with Crippen molar-refractivity contribution in [2.24, 2.45) is 0 Å². The number of ether oxygens (including phenoxy) is 1. The second-order valence-corrected chi connectivity index (χ2v) is 12.0. The van der Waals surface area contributed by atoms with Gasteiger partial charge < -0.3 is 4.74 Å². The molecule has 1 aromatic heterocycles. The Kier molecular flexibility index (Phi) is 5.54. The SMILES string of the molecule is c1ccc(-c2nc(-c3ccc4c(c3)-c3cccc5cccc(c35)O4)nc(-c3ccc4c5ccccc5c5ccccc5c4c3)n2)cc1. The topological polar surface area (TPSA) is 47.9 Å². The minimum atomic E-state index is 0.617. The average Bonchev–Trinajstić information content (AvgIpc) is 3.15. The van der Waals surface area contributed by atoms with Crippen molar-refractivity contribution in [3.63, 3.8) is 0 Å². The van der Waals surface area contributed by atoms with Gasteiger partial charge in [0.1, 0.15) is 11.5 Å². The molecule has 2 heterocycles. The van der Waals surface area contributed by atoms with Crippen LogP contribution in [0.4, 0.5) is 0 Å². The van der Waals surface area contributed by atoms with Crippen LogP contribution in [0.5, 0.6) is 11.5 Å². The van der Waals surface area contributed by atoms with Crippen LogP contribution in [0, 0.1) is 0 Å². The zero-order chi connectivity index (χ0) is 30.9. The van der Waals surface area contributed by atoms with Gasteiger partial charge in [-0.15, -0.1) is 0 Å². The van der Waals surface area contributed by atoms with Gasteiger partial charge in [0.05, 0.1) is 0 Å². The molecule has 0 amide bonds. The Labute approximate surface area is 270 Å². The van der Waals surface area contributed by atoms with E-state index in [1.54, 1.807) is 0 Å². The number of aromatic nitrogens is 3. The van der Waals surface area contributed by atoms with Crippen molar-refractivity contribution in [3.05, 3.63) is 152 Å². The van der Waals surface area contributed by atoms with Crippen molar-refractivity contribution in [1.82, 2.24) is 15.0 Å². The van der Waals surface area contributed by atoms with E-state index in [1.165, 1.54) is 32.3 Å². The van der Waals surface area contributed by atoms with E-state index in [1.807, 2.05) is 54.6 Å². The zero-order valence-corrected chi connectivity index (χ0v) is 25.2. The fraction of sp³-hybridized carbons (Fsp3) is 0. The Hall–Kier alpha value is -6.39. The van der Waals surface area contributed by atoms with E-state index in [-0.39, 0.29) is 0 Å². The third kappa shape index (κ3) is 4.05. The number of hydrogen-bond acceptors (Lipinski definition) is 4. The molecule has 0 saturated heterocycles. The minimum absolute atomic E-state index is 0.617. The molecule has 4 nitrogen and oxygen atoms in total. The quantitative estimate of drug-likeness (QED) is 0.190. The minimum Gasteiger partial charge on any atom is -0.456 e. The van der Waals surface area contributed by atoms with E-state index in [2.05, 4.69) is 97.1 Å². The standard InChI is InChI=1S/C43H25N3O/c1-2-10-27(11-3-1)41-44-42(28-20-22-34-32-16-5-4-14-30(32)31-15-6-7-17-33(31)36(34)24-28)46-43(45-41)29-21-23-38-37(25-29)35-18-8-12-26-13-9-19-39(47-38)40(26)35/h1-25H. The molecule has 8 aromatic carbocycles. The molecule has 10 rings (SSSR count). The Bertz CT molecular complexity index is 2680. The van der Waals surface area contributed by atoms with Crippen molar-refractivity contribution in [2.75, 3.05) is 0 Å². The molecule has 0 radical (unpaired) electrons. The first kappa shape index (κ1) is 25.9. The Balaban J connectivity index is 1.19. The molecule has 47 heavy (non-hydrogen) atoms. The summed E-state index contributed by atoms with van der Waals surface area (Å²) in [5, 5.41) is 9.61. The summed E-state index contributed by atoms with van der Waals surface area (Å²) in [5.41, 5.74) is 4.96. The predicted molar refractivity (Wildman–Crippen MR) is 192 cm³/mol. The van der Waals surface area contributed by atoms with E-state index >= 15 is 0 Å². The average molecular weight is 600 g/mol. The summed E-state index contributed by atoms with van der Waals surface area (Å²) in [7, 11) is 0. The Morgan fingerprint density at radius 3 is 1.60 bits per heavy atom. The molecule has 4 heteroatoms. The highest BCUT2D eigenvalue weighted by Gasteiger charge is 2.22. The van der Waals surface area contributed by atoms with Gasteiger partial charge in [0.2, 0.25) is 0 Å². The monoisotopic (exact) mass is 599 g/mol. The molecule has 0 spiro atoms. The van der Waals surface area contributed by atoms with Crippen LogP contribution in [-0.2, 0) is 0 Å². The number of benzene rings is 8. The lowest BCUT2D eigenvalue weighted by Crippen LogP contribution is -2.01. The largest absolute Gasteiger partial charge is 0.456 e. The maximum Gasteiger partial charge on any atom is 0.164 e. The van der Waals surface area contributed by atoms with Crippen LogP contribution in [0.1, 0.15) is 0 Å². The predicted octanol–water partition coefficient (Wildman–Crippen LogP) is 11.3. The fourth-order valence-electron chi connectivity index (χ4n) is 7.10. The fourth-order valence-corrected chi connectivity index (χ4v) is 7.10. The smallest absolute Gasteiger partial charge is 0.164 e. The molecule has 0 fully saturated rings. The molecule has 1 aliphatic rings. The van der Waals surface area contributed by atoms with Gasteiger partial charge in [0.15, 0.2) is 17.5 Å². The number of nitrogens with zero attached hydrogens (tertiary/aromatic N) is 3. The lowest BCUT2D eigenvalue weighted by molar-refractivity contribution is 0.487. The number of hydrogen-bond donors (Lipinski definition) is 0. The Morgan fingerprint density at radius 2 is 0.894 bits per heavy atom. The summed E-state index contributed by atoms with van der Waals surface area (Å²) in [5.74, 6) is 3.59. The summed E-state index contributed by atoms with van der Waals surface area (Å²) < 4.78 is 6.38. The second kappa shape index (κ2) is 10.1. The van der Waals surface area contributed by atoms with Crippen molar-refractivity contribution in [2.45, 2.75) is 0 Å². The van der Waals surface area contributed by atoms with Gasteiger partial charge in [0, 0.05) is 27.6 Å². The van der Waals surface area contributed by atoms with Gasteiger partial charge in [-0.3, -0.25) is 0 Å². The molecular weight excluding hydrogens is 574 g/mol. The molecule has 0 aliphatic carbocycles. The van der Waals surface area contributed by atoms with Crippen molar-refractivity contribution < 1.29 is 4.74 Å². The second-order valence-electron chi connectivity index (χ2n) is 12.0. The molecule has 0 bridgehead atoms. The number of fused-ring (bicyclic) bond motifs is 8. The summed E-state index contributed by atoms with van der Waals surface area (Å²) in [4.78, 5) is 15.2. The van der Waals surface area contributed by atoms with Crippen LogP contribution in [0.15, 0.2) is 152 Å². The van der Waals surface area contributed by atoms with E-state index in [0.29, 0.717) is 17.5 Å². The van der Waals surface area contributed by atoms with E-state index in [9.17, 15) is 0 Å². The normalized spacial score (nSPS) is 12.0. The first-order valence-corrected chi connectivity index (χ1v) is 15.8. The van der Waals surface area contributed by atoms with Gasteiger partial charge >= 0.3 is 0 Å². The zero-order valence-electron chi connectivity index (χ0n) is 25.2. The maximum atomic E-state index is 6.38. The summed E-state index contributed by atoms with van der Waals surface area (Å²) in [6.07, 6.45) is 0. The van der Waals surface area contributed by atoms with Crippen LogP contribution in [-0.4, -0.2) is 15.0 Å². The third-order valence-corrected chi connectivity index (χ3v) is 9.28. The van der Waals surface area contributed by atoms with E-state index in [4.69, 9.17) is 19.7 Å². The molecule has 218 valence electrons. The summed E-state index contributed by atoms with van der Waals surface area (Å²) in [6.45, 7) is 0.